The van der Waals surface area contributed by atoms with Gasteiger partial charge >= 0.3 is 12.1 Å². The molecule has 0 saturated carbocycles. The number of carbonyl (C=O) groups excluding carboxylic acids is 1. The Bertz CT molecular complexity index is 1220. The predicted molar refractivity (Wildman–Crippen MR) is 163 cm³/mol. The van der Waals surface area contributed by atoms with Crippen molar-refractivity contribution in [2.75, 3.05) is 18.1 Å². The van der Waals surface area contributed by atoms with Crippen molar-refractivity contribution in [2.24, 2.45) is 0 Å². The van der Waals surface area contributed by atoms with E-state index < -0.39 is 47.6 Å². The van der Waals surface area contributed by atoms with Crippen molar-refractivity contribution in [1.29, 1.82) is 0 Å². The van der Waals surface area contributed by atoms with Gasteiger partial charge in [-0.3, -0.25) is 4.79 Å². The number of ether oxygens (including phenoxy) is 3. The predicted octanol–water partition coefficient (Wildman–Crippen LogP) is 5.98. The summed E-state index contributed by atoms with van der Waals surface area (Å²) >= 11 is 2.95. The number of hydrogen-bond acceptors (Lipinski definition) is 7. The minimum atomic E-state index is -5.09. The van der Waals surface area contributed by atoms with Crippen LogP contribution in [0.15, 0.2) is 91.0 Å². The van der Waals surface area contributed by atoms with Crippen molar-refractivity contribution in [3.8, 4) is 0 Å². The molecule has 0 aromatic heterocycles. The van der Waals surface area contributed by atoms with Gasteiger partial charge in [-0.2, -0.15) is 13.2 Å². The number of carbonyl (C=O) groups is 1. The Balaban J connectivity index is 1.71. The van der Waals surface area contributed by atoms with Crippen LogP contribution >= 0.6 is 23.5 Å². The number of amides is 1. The second-order valence-electron chi connectivity index (χ2n) is 10.0. The van der Waals surface area contributed by atoms with Crippen LogP contribution in [-0.4, -0.2) is 64.2 Å². The largest absolute Gasteiger partial charge is 0.471 e. The standard InChI is InChI=1S/C32H36F3NO5S2/c33-32(34,35)31(38)36-27(30-42-17-10-18-43-30)29(41-22-25-15-8-3-9-16-25)28(40-21-24-13-6-2-7-14-24)26(19-37)39-20-23-11-4-1-5-12-23/h1-9,11-16,26-30,37H,10,17-22H2,(H,36,38)/t26-,27-,28-,29-/m1/s1. The first-order valence-electron chi connectivity index (χ1n) is 14.0. The zero-order valence-corrected chi connectivity index (χ0v) is 25.2. The minimum absolute atomic E-state index is 0.0496. The molecular formula is C32H36F3NO5S2. The third-order valence-electron chi connectivity index (χ3n) is 6.80. The lowest BCUT2D eigenvalue weighted by Crippen LogP contribution is -2.60. The van der Waals surface area contributed by atoms with E-state index in [-0.39, 0.29) is 19.8 Å². The molecule has 11 heteroatoms. The Morgan fingerprint density at radius 2 is 1.21 bits per heavy atom. The van der Waals surface area contributed by atoms with Gasteiger partial charge < -0.3 is 24.6 Å². The highest BCUT2D eigenvalue weighted by atomic mass is 32.2. The Labute approximate surface area is 258 Å². The van der Waals surface area contributed by atoms with Gasteiger partial charge in [-0.25, -0.2) is 0 Å². The molecular weight excluding hydrogens is 599 g/mol. The quantitative estimate of drug-likeness (QED) is 0.213. The van der Waals surface area contributed by atoms with Crippen molar-refractivity contribution in [2.45, 2.75) is 61.4 Å². The molecule has 0 bridgehead atoms. The number of nitrogens with one attached hydrogen (secondary N) is 1. The first-order valence-corrected chi connectivity index (χ1v) is 16.1. The maximum atomic E-state index is 13.6. The summed E-state index contributed by atoms with van der Waals surface area (Å²) in [4.78, 5) is 12.4. The highest BCUT2D eigenvalue weighted by Crippen LogP contribution is 2.37. The number of hydrogen-bond donors (Lipinski definition) is 2. The number of alkyl halides is 3. The number of aliphatic hydroxyl groups is 1. The molecule has 1 saturated heterocycles. The summed E-state index contributed by atoms with van der Waals surface area (Å²) < 4.78 is 59.4. The molecule has 1 amide bonds. The molecule has 1 aliphatic rings. The summed E-state index contributed by atoms with van der Waals surface area (Å²) in [5.41, 5.74) is 2.47. The topological polar surface area (TPSA) is 77.0 Å². The third kappa shape index (κ3) is 10.5. The van der Waals surface area contributed by atoms with Crippen molar-refractivity contribution in [1.82, 2.24) is 5.32 Å². The molecule has 3 aromatic rings. The second-order valence-corrected chi connectivity index (χ2v) is 12.8. The summed E-state index contributed by atoms with van der Waals surface area (Å²) in [6.45, 7) is -0.210. The first-order chi connectivity index (χ1) is 20.8. The first kappa shape index (κ1) is 33.4. The molecule has 0 unspecified atom stereocenters. The van der Waals surface area contributed by atoms with Crippen LogP contribution < -0.4 is 5.32 Å². The molecule has 0 spiro atoms. The SMILES string of the molecule is O=C(N[C@@H](C1SCCCS1)[C@@H](OCc1ccccc1)[C@H](OCc1ccccc1)[C@@H](CO)OCc1ccccc1)C(F)(F)F. The lowest BCUT2D eigenvalue weighted by atomic mass is 10.0. The van der Waals surface area contributed by atoms with Gasteiger partial charge in [-0.15, -0.1) is 23.5 Å². The molecule has 0 radical (unpaired) electrons. The van der Waals surface area contributed by atoms with E-state index in [0.29, 0.717) is 0 Å². The summed E-state index contributed by atoms with van der Waals surface area (Å²) in [5.74, 6) is -0.597. The van der Waals surface area contributed by atoms with Crippen LogP contribution in [0.25, 0.3) is 0 Å². The van der Waals surface area contributed by atoms with E-state index >= 15 is 0 Å². The molecule has 1 heterocycles. The molecule has 232 valence electrons. The number of halogens is 3. The molecule has 2 N–H and O–H groups in total. The number of aliphatic hydroxyl groups excluding tert-OH is 1. The monoisotopic (exact) mass is 635 g/mol. The van der Waals surface area contributed by atoms with Crippen molar-refractivity contribution in [3.63, 3.8) is 0 Å². The average molecular weight is 636 g/mol. The van der Waals surface area contributed by atoms with E-state index in [9.17, 15) is 23.1 Å². The van der Waals surface area contributed by atoms with E-state index in [4.69, 9.17) is 14.2 Å². The highest BCUT2D eigenvalue weighted by Gasteiger charge is 2.47. The fourth-order valence-corrected chi connectivity index (χ4v) is 7.72. The fourth-order valence-electron chi connectivity index (χ4n) is 4.63. The normalized spacial score (nSPS) is 17.1. The van der Waals surface area contributed by atoms with Gasteiger partial charge in [0, 0.05) is 0 Å². The van der Waals surface area contributed by atoms with Crippen LogP contribution in [0.5, 0.6) is 0 Å². The van der Waals surface area contributed by atoms with Crippen LogP contribution in [0.1, 0.15) is 23.1 Å². The average Bonchev–Trinajstić information content (AvgIpc) is 3.04. The number of rotatable bonds is 15. The van der Waals surface area contributed by atoms with Crippen LogP contribution in [0.3, 0.4) is 0 Å². The Kier molecular flexibility index (Phi) is 13.2. The van der Waals surface area contributed by atoms with Gasteiger partial charge in [0.15, 0.2) is 0 Å². The Hall–Kier alpha value is -2.54. The van der Waals surface area contributed by atoms with Crippen LogP contribution in [0, 0.1) is 0 Å². The summed E-state index contributed by atoms with van der Waals surface area (Å²) in [5, 5.41) is 12.8. The highest BCUT2D eigenvalue weighted by molar-refractivity contribution is 8.17. The maximum absolute atomic E-state index is 13.6. The summed E-state index contributed by atoms with van der Waals surface area (Å²) in [6.07, 6.45) is -7.32. The summed E-state index contributed by atoms with van der Waals surface area (Å²) in [6, 6.07) is 26.8. The molecule has 1 aliphatic heterocycles. The third-order valence-corrected chi connectivity index (χ3v) is 9.91. The fraction of sp³-hybridized carbons (Fsp3) is 0.406. The van der Waals surface area contributed by atoms with Crippen LogP contribution in [0.2, 0.25) is 0 Å². The summed E-state index contributed by atoms with van der Waals surface area (Å²) in [7, 11) is 0. The zero-order chi connectivity index (χ0) is 30.5. The van der Waals surface area contributed by atoms with Gasteiger partial charge in [0.05, 0.1) is 37.1 Å². The molecule has 0 aliphatic carbocycles. The smallest absolute Gasteiger partial charge is 0.394 e. The Morgan fingerprint density at radius 3 is 1.65 bits per heavy atom. The minimum Gasteiger partial charge on any atom is -0.394 e. The second kappa shape index (κ2) is 17.1. The van der Waals surface area contributed by atoms with Crippen molar-refractivity contribution < 1.29 is 37.3 Å². The van der Waals surface area contributed by atoms with Crippen LogP contribution in [0.4, 0.5) is 13.2 Å². The molecule has 4 atom stereocenters. The van der Waals surface area contributed by atoms with Crippen LogP contribution in [-0.2, 0) is 38.8 Å². The Morgan fingerprint density at radius 1 is 0.767 bits per heavy atom. The van der Waals surface area contributed by atoms with Gasteiger partial charge in [0.25, 0.3) is 0 Å². The van der Waals surface area contributed by atoms with Crippen molar-refractivity contribution >= 4 is 29.4 Å². The molecule has 3 aromatic carbocycles. The van der Waals surface area contributed by atoms with E-state index in [1.165, 1.54) is 23.5 Å². The van der Waals surface area contributed by atoms with Gasteiger partial charge in [-0.1, -0.05) is 91.0 Å². The van der Waals surface area contributed by atoms with E-state index in [0.717, 1.165) is 34.6 Å². The number of benzene rings is 3. The zero-order valence-electron chi connectivity index (χ0n) is 23.5. The molecule has 6 nitrogen and oxygen atoms in total. The van der Waals surface area contributed by atoms with Gasteiger partial charge in [-0.05, 0) is 34.6 Å². The van der Waals surface area contributed by atoms with Gasteiger partial charge in [0.1, 0.15) is 18.3 Å². The van der Waals surface area contributed by atoms with Gasteiger partial charge in [0.2, 0.25) is 0 Å². The lowest BCUT2D eigenvalue weighted by molar-refractivity contribution is -0.183. The molecule has 1 fully saturated rings. The maximum Gasteiger partial charge on any atom is 0.471 e. The molecule has 4 rings (SSSR count). The van der Waals surface area contributed by atoms with E-state index in [1.54, 1.807) is 0 Å². The van der Waals surface area contributed by atoms with E-state index in [2.05, 4.69) is 5.32 Å². The molecule has 43 heavy (non-hydrogen) atoms. The van der Waals surface area contributed by atoms with E-state index in [1.807, 2.05) is 91.0 Å². The lowest BCUT2D eigenvalue weighted by Gasteiger charge is -2.41. The van der Waals surface area contributed by atoms with Crippen molar-refractivity contribution in [3.05, 3.63) is 108 Å². The number of thioether (sulfide) groups is 2.